The molecule has 0 bridgehead atoms. The van der Waals surface area contributed by atoms with Gasteiger partial charge in [0.1, 0.15) is 0 Å². The van der Waals surface area contributed by atoms with E-state index in [4.69, 9.17) is 0 Å². The Morgan fingerprint density at radius 3 is 2.43 bits per heavy atom. The first-order chi connectivity index (χ1) is 13.3. The molecule has 4 nitrogen and oxygen atoms in total. The highest BCUT2D eigenvalue weighted by Crippen LogP contribution is 2.31. The number of carbonyl (C=O) groups excluding carboxylic acids is 1. The lowest BCUT2D eigenvalue weighted by atomic mass is 10.2. The van der Waals surface area contributed by atoms with Crippen molar-refractivity contribution in [2.24, 2.45) is 5.10 Å². The molecule has 0 aliphatic carbocycles. The molecule has 1 aromatic heterocycles. The van der Waals surface area contributed by atoms with E-state index in [-0.39, 0.29) is 5.91 Å². The highest BCUT2D eigenvalue weighted by Gasteiger charge is 2.30. The number of benzene rings is 2. The first-order valence-electron chi connectivity index (χ1n) is 8.52. The van der Waals surface area contributed by atoms with E-state index in [1.807, 2.05) is 6.07 Å². The van der Waals surface area contributed by atoms with Crippen LogP contribution in [0.3, 0.4) is 0 Å². The minimum atomic E-state index is -4.41. The van der Waals surface area contributed by atoms with Crippen molar-refractivity contribution >= 4 is 12.1 Å². The van der Waals surface area contributed by atoms with Crippen molar-refractivity contribution in [1.29, 1.82) is 0 Å². The molecule has 3 rings (SSSR count). The monoisotopic (exact) mass is 385 g/mol. The predicted octanol–water partition coefficient (Wildman–Crippen LogP) is 4.88. The molecule has 0 aliphatic heterocycles. The number of carbonyl (C=O) groups is 1. The Bertz CT molecular complexity index is 1020. The molecule has 0 fully saturated rings. The molecule has 2 aromatic carbocycles. The summed E-state index contributed by atoms with van der Waals surface area (Å²) in [5.41, 5.74) is 4.81. The van der Waals surface area contributed by atoms with E-state index in [0.29, 0.717) is 16.8 Å². The minimum absolute atomic E-state index is 0.344. The number of aromatic nitrogens is 1. The Labute approximate surface area is 160 Å². The van der Waals surface area contributed by atoms with Crippen molar-refractivity contribution in [3.8, 4) is 5.69 Å². The average molecular weight is 385 g/mol. The van der Waals surface area contributed by atoms with Crippen molar-refractivity contribution in [2.75, 3.05) is 0 Å². The summed E-state index contributed by atoms with van der Waals surface area (Å²) in [6.45, 7) is 3.58. The number of aryl methyl sites for hydroxylation is 1. The van der Waals surface area contributed by atoms with E-state index in [0.717, 1.165) is 23.5 Å². The van der Waals surface area contributed by atoms with Gasteiger partial charge in [-0.15, -0.1) is 0 Å². The molecule has 1 N–H and O–H groups in total. The van der Waals surface area contributed by atoms with Crippen LogP contribution in [0.4, 0.5) is 13.2 Å². The first kappa shape index (κ1) is 19.4. The Morgan fingerprint density at radius 2 is 1.75 bits per heavy atom. The van der Waals surface area contributed by atoms with E-state index >= 15 is 0 Å². The van der Waals surface area contributed by atoms with Crippen molar-refractivity contribution in [3.63, 3.8) is 0 Å². The van der Waals surface area contributed by atoms with E-state index in [1.165, 1.54) is 12.3 Å². The molecule has 3 aromatic rings. The zero-order chi connectivity index (χ0) is 20.3. The van der Waals surface area contributed by atoms with Gasteiger partial charge < -0.3 is 4.57 Å². The second-order valence-electron chi connectivity index (χ2n) is 6.28. The van der Waals surface area contributed by atoms with Gasteiger partial charge in [-0.05, 0) is 50.2 Å². The first-order valence-corrected chi connectivity index (χ1v) is 8.52. The molecule has 1 amide bonds. The molecule has 7 heteroatoms. The predicted molar refractivity (Wildman–Crippen MR) is 102 cm³/mol. The maximum absolute atomic E-state index is 13.0. The molecule has 0 saturated heterocycles. The number of hydrazone groups is 1. The lowest BCUT2D eigenvalue weighted by Gasteiger charge is -2.13. The Kier molecular flexibility index (Phi) is 5.35. The molecule has 0 saturated carbocycles. The summed E-state index contributed by atoms with van der Waals surface area (Å²) in [6, 6.07) is 15.6. The number of hydrogen-bond donors (Lipinski definition) is 1. The van der Waals surface area contributed by atoms with Gasteiger partial charge in [0.25, 0.3) is 5.91 Å². The number of amides is 1. The van der Waals surface area contributed by atoms with Crippen LogP contribution in [0, 0.1) is 13.8 Å². The Morgan fingerprint density at radius 1 is 1.04 bits per heavy atom. The second-order valence-corrected chi connectivity index (χ2v) is 6.28. The number of nitrogens with one attached hydrogen (secondary N) is 1. The van der Waals surface area contributed by atoms with Gasteiger partial charge in [0.15, 0.2) is 0 Å². The molecule has 144 valence electrons. The quantitative estimate of drug-likeness (QED) is 0.505. The number of rotatable bonds is 4. The van der Waals surface area contributed by atoms with E-state index < -0.39 is 11.7 Å². The van der Waals surface area contributed by atoms with Crippen LogP contribution in [0.1, 0.15) is 32.9 Å². The topological polar surface area (TPSA) is 46.4 Å². The van der Waals surface area contributed by atoms with Crippen LogP contribution < -0.4 is 5.43 Å². The number of halogens is 3. The molecular formula is C21H18F3N3O. The zero-order valence-corrected chi connectivity index (χ0v) is 15.3. The lowest BCUT2D eigenvalue weighted by molar-refractivity contribution is -0.137. The van der Waals surface area contributed by atoms with Gasteiger partial charge in [-0.2, -0.15) is 18.3 Å². The largest absolute Gasteiger partial charge is 0.416 e. The standard InChI is InChI=1S/C21H18F3N3O/c1-14-11-17(13-25-26-20(28)16-7-4-3-5-8-16)15(2)27(14)19-10-6-9-18(12-19)21(22,23)24/h3-13H,1-2H3,(H,26,28). The molecule has 0 unspecified atom stereocenters. The fraction of sp³-hybridized carbons (Fsp3) is 0.143. The molecule has 1 heterocycles. The molecule has 0 atom stereocenters. The highest BCUT2D eigenvalue weighted by molar-refractivity contribution is 5.94. The van der Waals surface area contributed by atoms with Crippen molar-refractivity contribution in [3.05, 3.63) is 88.7 Å². The Hall–Kier alpha value is -3.35. The third kappa shape index (κ3) is 4.14. The number of nitrogens with zero attached hydrogens (tertiary/aromatic N) is 2. The smallest absolute Gasteiger partial charge is 0.318 e. The van der Waals surface area contributed by atoms with Crippen molar-refractivity contribution < 1.29 is 18.0 Å². The molecule has 28 heavy (non-hydrogen) atoms. The summed E-state index contributed by atoms with van der Waals surface area (Å²) in [6.07, 6.45) is -2.93. The van der Waals surface area contributed by atoms with E-state index in [1.54, 1.807) is 54.8 Å². The second kappa shape index (κ2) is 7.72. The average Bonchev–Trinajstić information content (AvgIpc) is 2.95. The van der Waals surface area contributed by atoms with Crippen molar-refractivity contribution in [1.82, 2.24) is 9.99 Å². The van der Waals surface area contributed by atoms with Gasteiger partial charge in [-0.1, -0.05) is 24.3 Å². The van der Waals surface area contributed by atoms with Gasteiger partial charge in [-0.3, -0.25) is 4.79 Å². The van der Waals surface area contributed by atoms with Gasteiger partial charge in [0, 0.05) is 28.2 Å². The van der Waals surface area contributed by atoms with Crippen LogP contribution >= 0.6 is 0 Å². The third-order valence-electron chi connectivity index (χ3n) is 4.31. The maximum Gasteiger partial charge on any atom is 0.416 e. The van der Waals surface area contributed by atoms with Crippen LogP contribution in [0.5, 0.6) is 0 Å². The lowest BCUT2D eigenvalue weighted by Crippen LogP contribution is -2.17. The molecule has 0 aliphatic rings. The highest BCUT2D eigenvalue weighted by atomic mass is 19.4. The van der Waals surface area contributed by atoms with E-state index in [2.05, 4.69) is 10.5 Å². The summed E-state index contributed by atoms with van der Waals surface area (Å²) in [5, 5.41) is 3.97. The summed E-state index contributed by atoms with van der Waals surface area (Å²) in [5.74, 6) is -0.344. The van der Waals surface area contributed by atoms with Gasteiger partial charge in [0.2, 0.25) is 0 Å². The van der Waals surface area contributed by atoms with Gasteiger partial charge in [0.05, 0.1) is 11.8 Å². The van der Waals surface area contributed by atoms with Crippen molar-refractivity contribution in [2.45, 2.75) is 20.0 Å². The molecule has 0 spiro atoms. The zero-order valence-electron chi connectivity index (χ0n) is 15.3. The van der Waals surface area contributed by atoms with Crippen LogP contribution in [0.2, 0.25) is 0 Å². The van der Waals surface area contributed by atoms with Crippen LogP contribution in [0.15, 0.2) is 65.8 Å². The summed E-state index contributed by atoms with van der Waals surface area (Å²) < 4.78 is 40.7. The van der Waals surface area contributed by atoms with Gasteiger partial charge >= 0.3 is 6.18 Å². The number of alkyl halides is 3. The fourth-order valence-corrected chi connectivity index (χ4v) is 2.95. The Balaban J connectivity index is 1.84. The maximum atomic E-state index is 13.0. The van der Waals surface area contributed by atoms with Gasteiger partial charge in [-0.25, -0.2) is 5.43 Å². The SMILES string of the molecule is Cc1cc(C=NNC(=O)c2ccccc2)c(C)n1-c1cccc(C(F)(F)F)c1. The minimum Gasteiger partial charge on any atom is -0.318 e. The van der Waals surface area contributed by atoms with E-state index in [9.17, 15) is 18.0 Å². The summed E-state index contributed by atoms with van der Waals surface area (Å²) in [7, 11) is 0. The normalized spacial score (nSPS) is 11.8. The number of hydrogen-bond acceptors (Lipinski definition) is 2. The fourth-order valence-electron chi connectivity index (χ4n) is 2.95. The third-order valence-corrected chi connectivity index (χ3v) is 4.31. The van der Waals surface area contributed by atoms with Crippen LogP contribution in [-0.2, 0) is 6.18 Å². The van der Waals surface area contributed by atoms with Crippen LogP contribution in [-0.4, -0.2) is 16.7 Å². The summed E-state index contributed by atoms with van der Waals surface area (Å²) in [4.78, 5) is 12.0. The molecule has 0 radical (unpaired) electrons. The summed E-state index contributed by atoms with van der Waals surface area (Å²) >= 11 is 0. The van der Waals surface area contributed by atoms with Crippen LogP contribution in [0.25, 0.3) is 5.69 Å². The molecular weight excluding hydrogens is 367 g/mol.